The molecule has 0 aliphatic rings. The first kappa shape index (κ1) is 13.9. The van der Waals surface area contributed by atoms with Gasteiger partial charge >= 0.3 is 0 Å². The quantitative estimate of drug-likeness (QED) is 0.609. The van der Waals surface area contributed by atoms with Gasteiger partial charge in [-0.2, -0.15) is 0 Å². The smallest absolute Gasteiger partial charge is 0.0703 e. The van der Waals surface area contributed by atoms with Crippen molar-refractivity contribution in [1.29, 1.82) is 0 Å². The van der Waals surface area contributed by atoms with Crippen molar-refractivity contribution in [3.8, 4) is 0 Å². The molecule has 0 amide bonds. The Morgan fingerprint density at radius 2 is 1.86 bits per heavy atom. The van der Waals surface area contributed by atoms with Gasteiger partial charge in [-0.1, -0.05) is 13.8 Å². The topological polar surface area (TPSA) is 30.5 Å². The van der Waals surface area contributed by atoms with E-state index in [9.17, 15) is 0 Å². The number of hydrogen-bond acceptors (Lipinski definition) is 3. The van der Waals surface area contributed by atoms with Gasteiger partial charge in [0.05, 0.1) is 25.9 Å². The van der Waals surface area contributed by atoms with Crippen LogP contribution >= 0.6 is 0 Å². The molecule has 0 atom stereocenters. The summed E-state index contributed by atoms with van der Waals surface area (Å²) in [5.41, 5.74) is 0.201. The predicted octanol–water partition coefficient (Wildman–Crippen LogP) is 1.67. The average molecular weight is 203 g/mol. The summed E-state index contributed by atoms with van der Waals surface area (Å²) < 4.78 is 10.9. The molecular formula is C11H25NO2. The zero-order valence-corrected chi connectivity index (χ0v) is 10.2. The molecule has 0 saturated heterocycles. The Labute approximate surface area is 88.2 Å². The van der Waals surface area contributed by atoms with Gasteiger partial charge in [-0.3, -0.25) is 0 Å². The molecular weight excluding hydrogens is 178 g/mol. The number of hydrogen-bond donors (Lipinski definition) is 1. The third kappa shape index (κ3) is 8.48. The Kier molecular flexibility index (Phi) is 7.15. The van der Waals surface area contributed by atoms with Gasteiger partial charge in [0, 0.05) is 12.0 Å². The minimum Gasteiger partial charge on any atom is -0.378 e. The van der Waals surface area contributed by atoms with E-state index in [-0.39, 0.29) is 5.41 Å². The maximum Gasteiger partial charge on any atom is 0.0703 e. The standard InChI is InChI=1S/C11H25NO2/c1-10(2)14-7-6-13-9-11(3,4)8-12-5/h10,12H,6-9H2,1-5H3. The Balaban J connectivity index is 3.34. The fourth-order valence-electron chi connectivity index (χ4n) is 1.22. The van der Waals surface area contributed by atoms with Crippen LogP contribution < -0.4 is 5.32 Å². The second-order valence-electron chi connectivity index (χ2n) is 4.67. The van der Waals surface area contributed by atoms with Crippen LogP contribution in [-0.2, 0) is 9.47 Å². The van der Waals surface area contributed by atoms with E-state index in [1.165, 1.54) is 0 Å². The van der Waals surface area contributed by atoms with E-state index in [1.807, 2.05) is 20.9 Å². The van der Waals surface area contributed by atoms with Crippen molar-refractivity contribution in [3.05, 3.63) is 0 Å². The first-order valence-electron chi connectivity index (χ1n) is 5.32. The van der Waals surface area contributed by atoms with Crippen molar-refractivity contribution in [3.63, 3.8) is 0 Å². The summed E-state index contributed by atoms with van der Waals surface area (Å²) in [4.78, 5) is 0. The number of rotatable bonds is 8. The van der Waals surface area contributed by atoms with Crippen molar-refractivity contribution in [2.24, 2.45) is 5.41 Å². The van der Waals surface area contributed by atoms with Crippen LogP contribution in [0.4, 0.5) is 0 Å². The van der Waals surface area contributed by atoms with Gasteiger partial charge in [-0.25, -0.2) is 0 Å². The summed E-state index contributed by atoms with van der Waals surface area (Å²) in [5, 5.41) is 3.16. The lowest BCUT2D eigenvalue weighted by molar-refractivity contribution is -0.00290. The molecule has 0 aromatic heterocycles. The number of ether oxygens (including phenoxy) is 2. The van der Waals surface area contributed by atoms with Gasteiger partial charge in [-0.15, -0.1) is 0 Å². The van der Waals surface area contributed by atoms with Gasteiger partial charge in [-0.05, 0) is 20.9 Å². The van der Waals surface area contributed by atoms with Gasteiger partial charge in [0.25, 0.3) is 0 Å². The molecule has 0 heterocycles. The van der Waals surface area contributed by atoms with Crippen LogP contribution in [0.5, 0.6) is 0 Å². The highest BCUT2D eigenvalue weighted by molar-refractivity contribution is 4.69. The SMILES string of the molecule is CNCC(C)(C)COCCOC(C)C. The first-order chi connectivity index (χ1) is 6.48. The maximum absolute atomic E-state index is 5.54. The molecule has 0 radical (unpaired) electrons. The van der Waals surface area contributed by atoms with Crippen LogP contribution in [0.15, 0.2) is 0 Å². The zero-order chi connectivity index (χ0) is 11.0. The van der Waals surface area contributed by atoms with E-state index in [0.717, 1.165) is 13.2 Å². The summed E-state index contributed by atoms with van der Waals surface area (Å²) in [6.45, 7) is 11.6. The molecule has 0 saturated carbocycles. The van der Waals surface area contributed by atoms with Gasteiger partial charge in [0.2, 0.25) is 0 Å². The van der Waals surface area contributed by atoms with Crippen LogP contribution in [-0.4, -0.2) is 39.5 Å². The van der Waals surface area contributed by atoms with E-state index in [4.69, 9.17) is 9.47 Å². The first-order valence-corrected chi connectivity index (χ1v) is 5.32. The highest BCUT2D eigenvalue weighted by Crippen LogP contribution is 2.13. The normalized spacial score (nSPS) is 12.4. The monoisotopic (exact) mass is 203 g/mol. The molecule has 0 fully saturated rings. The average Bonchev–Trinajstić information content (AvgIpc) is 2.02. The lowest BCUT2D eigenvalue weighted by Crippen LogP contribution is -2.31. The van der Waals surface area contributed by atoms with Crippen molar-refractivity contribution >= 4 is 0 Å². The molecule has 3 heteroatoms. The van der Waals surface area contributed by atoms with Crippen LogP contribution in [0.2, 0.25) is 0 Å². The lowest BCUT2D eigenvalue weighted by Gasteiger charge is -2.23. The van der Waals surface area contributed by atoms with Gasteiger partial charge in [0.1, 0.15) is 0 Å². The third-order valence-electron chi connectivity index (χ3n) is 1.83. The second kappa shape index (κ2) is 7.21. The Morgan fingerprint density at radius 3 is 2.36 bits per heavy atom. The lowest BCUT2D eigenvalue weighted by atomic mass is 9.95. The molecule has 0 bridgehead atoms. The zero-order valence-electron chi connectivity index (χ0n) is 10.2. The largest absolute Gasteiger partial charge is 0.378 e. The fourth-order valence-corrected chi connectivity index (χ4v) is 1.22. The Bertz CT molecular complexity index is 135. The van der Waals surface area contributed by atoms with Crippen molar-refractivity contribution in [1.82, 2.24) is 5.32 Å². The predicted molar refractivity (Wildman–Crippen MR) is 59.6 cm³/mol. The molecule has 0 spiro atoms. The Morgan fingerprint density at radius 1 is 1.21 bits per heavy atom. The molecule has 86 valence electrons. The summed E-state index contributed by atoms with van der Waals surface area (Å²) in [5.74, 6) is 0. The molecule has 0 aromatic rings. The van der Waals surface area contributed by atoms with Crippen molar-refractivity contribution in [2.75, 3.05) is 33.4 Å². The van der Waals surface area contributed by atoms with Gasteiger partial charge < -0.3 is 14.8 Å². The van der Waals surface area contributed by atoms with Gasteiger partial charge in [0.15, 0.2) is 0 Å². The fraction of sp³-hybridized carbons (Fsp3) is 1.00. The molecule has 14 heavy (non-hydrogen) atoms. The highest BCUT2D eigenvalue weighted by atomic mass is 16.5. The molecule has 0 rings (SSSR count). The molecule has 0 unspecified atom stereocenters. The molecule has 3 nitrogen and oxygen atoms in total. The van der Waals surface area contributed by atoms with Crippen LogP contribution in [0.25, 0.3) is 0 Å². The Hall–Kier alpha value is -0.120. The van der Waals surface area contributed by atoms with E-state index >= 15 is 0 Å². The van der Waals surface area contributed by atoms with E-state index < -0.39 is 0 Å². The molecule has 0 aromatic carbocycles. The van der Waals surface area contributed by atoms with Crippen molar-refractivity contribution < 1.29 is 9.47 Å². The second-order valence-corrected chi connectivity index (χ2v) is 4.67. The minimum absolute atomic E-state index is 0.201. The molecule has 1 N–H and O–H groups in total. The van der Waals surface area contributed by atoms with Crippen LogP contribution in [0.1, 0.15) is 27.7 Å². The number of nitrogens with one attached hydrogen (secondary N) is 1. The van der Waals surface area contributed by atoms with Crippen LogP contribution in [0.3, 0.4) is 0 Å². The summed E-state index contributed by atoms with van der Waals surface area (Å²) in [6.07, 6.45) is 0.295. The minimum atomic E-state index is 0.201. The van der Waals surface area contributed by atoms with E-state index in [2.05, 4.69) is 19.2 Å². The summed E-state index contributed by atoms with van der Waals surface area (Å²) >= 11 is 0. The molecule has 0 aliphatic heterocycles. The van der Waals surface area contributed by atoms with Crippen LogP contribution in [0, 0.1) is 5.41 Å². The van der Waals surface area contributed by atoms with E-state index in [0.29, 0.717) is 19.3 Å². The highest BCUT2D eigenvalue weighted by Gasteiger charge is 2.16. The summed E-state index contributed by atoms with van der Waals surface area (Å²) in [7, 11) is 1.96. The maximum atomic E-state index is 5.54. The van der Waals surface area contributed by atoms with Crippen molar-refractivity contribution in [2.45, 2.75) is 33.8 Å². The molecule has 0 aliphatic carbocycles. The van der Waals surface area contributed by atoms with E-state index in [1.54, 1.807) is 0 Å². The summed E-state index contributed by atoms with van der Waals surface area (Å²) in [6, 6.07) is 0. The third-order valence-corrected chi connectivity index (χ3v) is 1.83.